The monoisotopic (exact) mass is 422 g/mol. The summed E-state index contributed by atoms with van der Waals surface area (Å²) in [6.07, 6.45) is -0.687. The molecule has 0 bridgehead atoms. The van der Waals surface area contributed by atoms with Crippen LogP contribution in [0.5, 0.6) is 11.5 Å². The number of likely N-dealkylation sites (N-methyl/N-ethyl adjacent to an activating group) is 1. The molecule has 31 heavy (non-hydrogen) atoms. The van der Waals surface area contributed by atoms with Crippen molar-refractivity contribution in [1.29, 1.82) is 0 Å². The summed E-state index contributed by atoms with van der Waals surface area (Å²) in [5.74, 6) is 1.32. The standard InChI is InChI=1S/C24H26N2O5/c1-25(16-21(27)17-31-22-13-11-20(12-14-22)26(28)29)15-18-7-9-19(10-8-18)23-5-3-4-6-24(23)30-2/h3-14,21,27H,15-17H2,1-2H3. The van der Waals surface area contributed by atoms with Gasteiger partial charge in [-0.2, -0.15) is 0 Å². The second kappa shape index (κ2) is 10.6. The molecule has 0 aromatic heterocycles. The van der Waals surface area contributed by atoms with E-state index in [1.54, 1.807) is 7.11 Å². The highest BCUT2D eigenvalue weighted by Crippen LogP contribution is 2.29. The highest BCUT2D eigenvalue weighted by molar-refractivity contribution is 5.70. The largest absolute Gasteiger partial charge is 0.496 e. The molecule has 3 rings (SSSR count). The van der Waals surface area contributed by atoms with Gasteiger partial charge in [0.25, 0.3) is 5.69 Å². The molecule has 0 aliphatic heterocycles. The molecule has 0 saturated carbocycles. The molecule has 1 unspecified atom stereocenters. The summed E-state index contributed by atoms with van der Waals surface area (Å²) < 4.78 is 11.0. The summed E-state index contributed by atoms with van der Waals surface area (Å²) in [5.41, 5.74) is 3.26. The molecule has 7 heteroatoms. The maximum Gasteiger partial charge on any atom is 0.269 e. The Morgan fingerprint density at radius 3 is 2.35 bits per heavy atom. The lowest BCUT2D eigenvalue weighted by atomic mass is 10.0. The number of benzene rings is 3. The van der Waals surface area contributed by atoms with Gasteiger partial charge < -0.3 is 14.6 Å². The highest BCUT2D eigenvalue weighted by Gasteiger charge is 2.11. The third-order valence-electron chi connectivity index (χ3n) is 4.84. The first-order chi connectivity index (χ1) is 15.0. The van der Waals surface area contributed by atoms with Gasteiger partial charge in [0.05, 0.1) is 12.0 Å². The molecule has 0 aliphatic carbocycles. The molecule has 0 aliphatic rings. The Bertz CT molecular complexity index is 990. The van der Waals surface area contributed by atoms with Crippen LogP contribution in [0.2, 0.25) is 0 Å². The van der Waals surface area contributed by atoms with Gasteiger partial charge in [0.2, 0.25) is 0 Å². The van der Waals surface area contributed by atoms with Gasteiger partial charge in [0.15, 0.2) is 0 Å². The zero-order chi connectivity index (χ0) is 22.2. The summed E-state index contributed by atoms with van der Waals surface area (Å²) in [6, 6.07) is 22.0. The molecule has 162 valence electrons. The van der Waals surface area contributed by atoms with Gasteiger partial charge in [-0.1, -0.05) is 42.5 Å². The van der Waals surface area contributed by atoms with Crippen LogP contribution in [-0.4, -0.2) is 48.3 Å². The van der Waals surface area contributed by atoms with E-state index in [9.17, 15) is 15.2 Å². The van der Waals surface area contributed by atoms with E-state index in [1.165, 1.54) is 24.3 Å². The van der Waals surface area contributed by atoms with Crippen molar-refractivity contribution in [3.8, 4) is 22.6 Å². The molecule has 1 N–H and O–H groups in total. The SMILES string of the molecule is COc1ccccc1-c1ccc(CN(C)CC(O)COc2ccc([N+](=O)[O-])cc2)cc1. The minimum atomic E-state index is -0.687. The highest BCUT2D eigenvalue weighted by atomic mass is 16.6. The van der Waals surface area contributed by atoms with Crippen LogP contribution in [0.25, 0.3) is 11.1 Å². The molecule has 0 spiro atoms. The Balaban J connectivity index is 1.49. The molecule has 7 nitrogen and oxygen atoms in total. The van der Waals surface area contributed by atoms with Crippen molar-refractivity contribution >= 4 is 5.69 Å². The summed E-state index contributed by atoms with van der Waals surface area (Å²) in [7, 11) is 3.60. The fourth-order valence-corrected chi connectivity index (χ4v) is 3.32. The molecular weight excluding hydrogens is 396 g/mol. The maximum atomic E-state index is 10.7. The molecule has 0 amide bonds. The minimum Gasteiger partial charge on any atom is -0.496 e. The number of hydrogen-bond donors (Lipinski definition) is 1. The molecule has 3 aromatic rings. The van der Waals surface area contributed by atoms with Crippen LogP contribution >= 0.6 is 0 Å². The first kappa shape index (κ1) is 22.3. The predicted molar refractivity (Wildman–Crippen MR) is 119 cm³/mol. The molecule has 1 atom stereocenters. The Morgan fingerprint density at radius 1 is 1.03 bits per heavy atom. The van der Waals surface area contributed by atoms with Gasteiger partial charge in [0, 0.05) is 30.8 Å². The van der Waals surface area contributed by atoms with Crippen molar-refractivity contribution < 1.29 is 19.5 Å². The Morgan fingerprint density at radius 2 is 1.71 bits per heavy atom. The number of para-hydroxylation sites is 1. The third-order valence-corrected chi connectivity index (χ3v) is 4.84. The van der Waals surface area contributed by atoms with Gasteiger partial charge in [-0.05, 0) is 36.4 Å². The van der Waals surface area contributed by atoms with Gasteiger partial charge in [-0.25, -0.2) is 0 Å². The zero-order valence-electron chi connectivity index (χ0n) is 17.6. The number of rotatable bonds is 10. The van der Waals surface area contributed by atoms with Gasteiger partial charge in [0.1, 0.15) is 24.2 Å². The van der Waals surface area contributed by atoms with Crippen LogP contribution in [-0.2, 0) is 6.54 Å². The van der Waals surface area contributed by atoms with Crippen LogP contribution in [0.3, 0.4) is 0 Å². The summed E-state index contributed by atoms with van der Waals surface area (Å²) in [4.78, 5) is 12.2. The lowest BCUT2D eigenvalue weighted by molar-refractivity contribution is -0.384. The zero-order valence-corrected chi connectivity index (χ0v) is 17.6. The van der Waals surface area contributed by atoms with Crippen molar-refractivity contribution in [1.82, 2.24) is 4.90 Å². The average Bonchev–Trinajstić information content (AvgIpc) is 2.78. The molecule has 0 saturated heterocycles. The van der Waals surface area contributed by atoms with E-state index in [4.69, 9.17) is 9.47 Å². The molecule has 0 heterocycles. The van der Waals surface area contributed by atoms with Crippen LogP contribution in [0.15, 0.2) is 72.8 Å². The molecular formula is C24H26N2O5. The Kier molecular flexibility index (Phi) is 7.59. The molecule has 3 aromatic carbocycles. The fraction of sp³-hybridized carbons (Fsp3) is 0.250. The molecule has 0 fully saturated rings. The smallest absolute Gasteiger partial charge is 0.269 e. The maximum absolute atomic E-state index is 10.7. The average molecular weight is 422 g/mol. The van der Waals surface area contributed by atoms with Crippen molar-refractivity contribution in [2.24, 2.45) is 0 Å². The lowest BCUT2D eigenvalue weighted by Crippen LogP contribution is -2.32. The quantitative estimate of drug-likeness (QED) is 0.390. The summed E-state index contributed by atoms with van der Waals surface area (Å²) in [6.45, 7) is 1.22. The van der Waals surface area contributed by atoms with Crippen molar-refractivity contribution in [2.45, 2.75) is 12.6 Å². The number of ether oxygens (including phenoxy) is 2. The topological polar surface area (TPSA) is 85.1 Å². The number of nitro benzene ring substituents is 1. The normalized spacial score (nSPS) is 11.9. The van der Waals surface area contributed by atoms with E-state index in [0.717, 1.165) is 22.4 Å². The van der Waals surface area contributed by atoms with Crippen LogP contribution in [0.1, 0.15) is 5.56 Å². The third kappa shape index (κ3) is 6.28. The summed E-state index contributed by atoms with van der Waals surface area (Å²) >= 11 is 0. The number of aliphatic hydroxyl groups excluding tert-OH is 1. The lowest BCUT2D eigenvalue weighted by Gasteiger charge is -2.21. The van der Waals surface area contributed by atoms with Gasteiger partial charge in [-0.15, -0.1) is 0 Å². The van der Waals surface area contributed by atoms with Crippen LogP contribution < -0.4 is 9.47 Å². The Hall–Kier alpha value is -3.42. The Labute approximate surface area is 181 Å². The predicted octanol–water partition coefficient (Wildman–Crippen LogP) is 4.14. The second-order valence-electron chi connectivity index (χ2n) is 7.31. The number of aliphatic hydroxyl groups is 1. The first-order valence-electron chi connectivity index (χ1n) is 9.92. The van der Waals surface area contributed by atoms with Crippen molar-refractivity contribution in [3.63, 3.8) is 0 Å². The second-order valence-corrected chi connectivity index (χ2v) is 7.31. The number of methoxy groups -OCH3 is 1. The molecule has 0 radical (unpaired) electrons. The number of nitro groups is 1. The fourth-order valence-electron chi connectivity index (χ4n) is 3.32. The number of hydrogen-bond acceptors (Lipinski definition) is 6. The number of non-ortho nitro benzene ring substituents is 1. The van der Waals surface area contributed by atoms with E-state index in [2.05, 4.69) is 24.3 Å². The van der Waals surface area contributed by atoms with Gasteiger partial charge >= 0.3 is 0 Å². The van der Waals surface area contributed by atoms with Crippen molar-refractivity contribution in [2.75, 3.05) is 27.3 Å². The van der Waals surface area contributed by atoms with Gasteiger partial charge in [-0.3, -0.25) is 15.0 Å². The van der Waals surface area contributed by atoms with E-state index in [0.29, 0.717) is 18.8 Å². The van der Waals surface area contributed by atoms with Crippen molar-refractivity contribution in [3.05, 3.63) is 88.5 Å². The number of nitrogens with zero attached hydrogens (tertiary/aromatic N) is 2. The van der Waals surface area contributed by atoms with Crippen LogP contribution in [0.4, 0.5) is 5.69 Å². The van der Waals surface area contributed by atoms with Crippen LogP contribution in [0, 0.1) is 10.1 Å². The van der Waals surface area contributed by atoms with E-state index >= 15 is 0 Å². The first-order valence-corrected chi connectivity index (χ1v) is 9.92. The van der Waals surface area contributed by atoms with E-state index in [1.807, 2.05) is 36.2 Å². The minimum absolute atomic E-state index is 0.00404. The summed E-state index contributed by atoms with van der Waals surface area (Å²) in [5, 5.41) is 20.9. The van der Waals surface area contributed by atoms with E-state index < -0.39 is 11.0 Å². The van der Waals surface area contributed by atoms with E-state index in [-0.39, 0.29) is 12.3 Å².